The number of carbonyl (C=O) groups is 1. The van der Waals surface area contributed by atoms with E-state index in [9.17, 15) is 4.79 Å². The zero-order valence-corrected chi connectivity index (χ0v) is 11.0. The molecule has 3 N–H and O–H groups in total. The quantitative estimate of drug-likeness (QED) is 0.502. The number of hydrogen-bond donors (Lipinski definition) is 2. The van der Waals surface area contributed by atoms with E-state index >= 15 is 0 Å². The van der Waals surface area contributed by atoms with Gasteiger partial charge in [0, 0.05) is 12.1 Å². The molecule has 1 amide bonds. The van der Waals surface area contributed by atoms with Crippen LogP contribution in [0.4, 0.5) is 5.69 Å². The smallest absolute Gasteiger partial charge is 0.251 e. The van der Waals surface area contributed by atoms with Crippen molar-refractivity contribution >= 4 is 34.8 Å². The maximum absolute atomic E-state index is 11.7. The number of carbonyl (C=O) groups excluding carboxylic acids is 1. The lowest BCUT2D eigenvalue weighted by atomic mass is 10.2. The van der Waals surface area contributed by atoms with Crippen LogP contribution in [0, 0.1) is 0 Å². The Balaban J connectivity index is 2.69. The number of hydrogen-bond acceptors (Lipinski definition) is 2. The number of rotatable bonds is 4. The van der Waals surface area contributed by atoms with Gasteiger partial charge in [0.25, 0.3) is 5.91 Å². The first kappa shape index (κ1) is 13.9. The van der Waals surface area contributed by atoms with Gasteiger partial charge < -0.3 is 11.1 Å². The zero-order chi connectivity index (χ0) is 12.8. The second-order valence-electron chi connectivity index (χ2n) is 3.47. The third-order valence-electron chi connectivity index (χ3n) is 2.17. The molecule has 3 nitrogen and oxygen atoms in total. The minimum Gasteiger partial charge on any atom is -0.396 e. The Labute approximate surface area is 111 Å². The summed E-state index contributed by atoms with van der Waals surface area (Å²) in [6.07, 6.45) is 4.70. The molecule has 0 aliphatic carbocycles. The molecule has 1 aromatic carbocycles. The highest BCUT2D eigenvalue weighted by molar-refractivity contribution is 6.39. The number of nitrogen functional groups attached to an aromatic ring is 1. The summed E-state index contributed by atoms with van der Waals surface area (Å²) >= 11 is 11.7. The van der Waals surface area contributed by atoms with Gasteiger partial charge in [-0.15, -0.1) is 0 Å². The summed E-state index contributed by atoms with van der Waals surface area (Å²) in [7, 11) is 0. The van der Waals surface area contributed by atoms with E-state index in [1.54, 1.807) is 0 Å². The maximum Gasteiger partial charge on any atom is 0.251 e. The Kier molecular flexibility index (Phi) is 5.32. The summed E-state index contributed by atoms with van der Waals surface area (Å²) < 4.78 is 0. The fourth-order valence-corrected chi connectivity index (χ4v) is 1.74. The normalized spacial score (nSPS) is 10.8. The third kappa shape index (κ3) is 3.95. The zero-order valence-electron chi connectivity index (χ0n) is 9.47. The molecule has 92 valence electrons. The lowest BCUT2D eigenvalue weighted by molar-refractivity contribution is 0.0954. The van der Waals surface area contributed by atoms with Gasteiger partial charge in [-0.2, -0.15) is 0 Å². The van der Waals surface area contributed by atoms with Crippen LogP contribution < -0.4 is 11.1 Å². The average molecular weight is 273 g/mol. The molecule has 0 bridgehead atoms. The third-order valence-corrected chi connectivity index (χ3v) is 2.80. The van der Waals surface area contributed by atoms with Gasteiger partial charge >= 0.3 is 0 Å². The first-order valence-electron chi connectivity index (χ1n) is 5.20. The van der Waals surface area contributed by atoms with E-state index in [4.69, 9.17) is 28.9 Å². The largest absolute Gasteiger partial charge is 0.396 e. The van der Waals surface area contributed by atoms with E-state index in [0.717, 1.165) is 6.42 Å². The van der Waals surface area contributed by atoms with Gasteiger partial charge in [0.05, 0.1) is 15.7 Å². The van der Waals surface area contributed by atoms with Crippen molar-refractivity contribution < 1.29 is 4.79 Å². The van der Waals surface area contributed by atoms with Crippen molar-refractivity contribution in [2.24, 2.45) is 0 Å². The Morgan fingerprint density at radius 3 is 2.53 bits per heavy atom. The van der Waals surface area contributed by atoms with Crippen LogP contribution in [-0.2, 0) is 0 Å². The summed E-state index contributed by atoms with van der Waals surface area (Å²) in [6, 6.07) is 3.02. The molecule has 0 unspecified atom stereocenters. The number of allylic oxidation sites excluding steroid dienone is 1. The molecule has 0 aliphatic rings. The molecule has 0 heterocycles. The first-order valence-corrected chi connectivity index (χ1v) is 5.95. The molecule has 0 saturated heterocycles. The number of nitrogens with two attached hydrogens (primary N) is 1. The van der Waals surface area contributed by atoms with E-state index in [0.29, 0.717) is 17.8 Å². The van der Waals surface area contributed by atoms with Crippen LogP contribution in [0.1, 0.15) is 23.7 Å². The van der Waals surface area contributed by atoms with Crippen LogP contribution in [-0.4, -0.2) is 12.5 Å². The lowest BCUT2D eigenvalue weighted by Crippen LogP contribution is -2.24. The predicted octanol–water partition coefficient (Wildman–Crippen LogP) is 3.27. The molecule has 5 heteroatoms. The van der Waals surface area contributed by atoms with Crippen molar-refractivity contribution in [3.8, 4) is 0 Å². The van der Waals surface area contributed by atoms with Crippen LogP contribution in [0.15, 0.2) is 24.3 Å². The topological polar surface area (TPSA) is 55.1 Å². The molecule has 1 rings (SSSR count). The predicted molar refractivity (Wildman–Crippen MR) is 72.6 cm³/mol. The van der Waals surface area contributed by atoms with Crippen LogP contribution in [0.25, 0.3) is 0 Å². The molecular weight excluding hydrogens is 259 g/mol. The van der Waals surface area contributed by atoms with Crippen LogP contribution >= 0.6 is 23.2 Å². The number of nitrogens with one attached hydrogen (secondary N) is 1. The standard InChI is InChI=1S/C12H14Cl2N2O/c1-2-3-4-5-16-12(17)8-6-9(13)11(15)10(14)7-8/h2-3,6-7H,4-5,15H2,1H3,(H,16,17)/b3-2+. The second-order valence-corrected chi connectivity index (χ2v) is 4.28. The molecule has 0 aliphatic heterocycles. The van der Waals surface area contributed by atoms with Crippen molar-refractivity contribution in [3.63, 3.8) is 0 Å². The van der Waals surface area contributed by atoms with Gasteiger partial charge in [0.1, 0.15) is 0 Å². The Bertz CT molecular complexity index is 421. The number of benzene rings is 1. The monoisotopic (exact) mass is 272 g/mol. The van der Waals surface area contributed by atoms with E-state index in [1.807, 2.05) is 19.1 Å². The van der Waals surface area contributed by atoms with Crippen molar-refractivity contribution in [1.82, 2.24) is 5.32 Å². The van der Waals surface area contributed by atoms with Gasteiger partial charge in [-0.3, -0.25) is 4.79 Å². The summed E-state index contributed by atoms with van der Waals surface area (Å²) in [6.45, 7) is 2.50. The second kappa shape index (κ2) is 6.52. The van der Waals surface area contributed by atoms with Crippen LogP contribution in [0.3, 0.4) is 0 Å². The van der Waals surface area contributed by atoms with Gasteiger partial charge in [-0.25, -0.2) is 0 Å². The van der Waals surface area contributed by atoms with Gasteiger partial charge in [0.15, 0.2) is 0 Å². The molecule has 0 spiro atoms. The van der Waals surface area contributed by atoms with E-state index in [1.165, 1.54) is 12.1 Å². The minimum absolute atomic E-state index is 0.210. The fourth-order valence-electron chi connectivity index (χ4n) is 1.25. The SMILES string of the molecule is C/C=C/CCNC(=O)c1cc(Cl)c(N)c(Cl)c1. The van der Waals surface area contributed by atoms with Crippen LogP contribution in [0.5, 0.6) is 0 Å². The number of anilines is 1. The highest BCUT2D eigenvalue weighted by Gasteiger charge is 2.10. The fraction of sp³-hybridized carbons (Fsp3) is 0.250. The average Bonchev–Trinajstić information content (AvgIpc) is 2.30. The molecule has 0 aromatic heterocycles. The van der Waals surface area contributed by atoms with Gasteiger partial charge in [0.2, 0.25) is 0 Å². The molecule has 0 fully saturated rings. The number of halogens is 2. The molecular formula is C12H14Cl2N2O. The molecule has 0 atom stereocenters. The van der Waals surface area contributed by atoms with Crippen molar-refractivity contribution in [2.75, 3.05) is 12.3 Å². The first-order chi connectivity index (χ1) is 8.06. The van der Waals surface area contributed by atoms with Crippen molar-refractivity contribution in [2.45, 2.75) is 13.3 Å². The van der Waals surface area contributed by atoms with Crippen molar-refractivity contribution in [1.29, 1.82) is 0 Å². The molecule has 0 radical (unpaired) electrons. The van der Waals surface area contributed by atoms with Gasteiger partial charge in [-0.1, -0.05) is 35.4 Å². The number of amides is 1. The Hall–Kier alpha value is -1.19. The Morgan fingerprint density at radius 1 is 1.41 bits per heavy atom. The van der Waals surface area contributed by atoms with Crippen molar-refractivity contribution in [3.05, 3.63) is 39.9 Å². The molecule has 17 heavy (non-hydrogen) atoms. The van der Waals surface area contributed by atoms with E-state index < -0.39 is 0 Å². The van der Waals surface area contributed by atoms with Crippen LogP contribution in [0.2, 0.25) is 10.0 Å². The lowest BCUT2D eigenvalue weighted by Gasteiger charge is -2.07. The van der Waals surface area contributed by atoms with E-state index in [2.05, 4.69) is 5.32 Å². The molecule has 0 saturated carbocycles. The minimum atomic E-state index is -0.210. The summed E-state index contributed by atoms with van der Waals surface area (Å²) in [5, 5.41) is 3.34. The summed E-state index contributed by atoms with van der Waals surface area (Å²) in [5.41, 5.74) is 6.29. The maximum atomic E-state index is 11.7. The highest BCUT2D eigenvalue weighted by Crippen LogP contribution is 2.28. The highest BCUT2D eigenvalue weighted by atomic mass is 35.5. The van der Waals surface area contributed by atoms with Gasteiger partial charge in [-0.05, 0) is 25.5 Å². The molecule has 1 aromatic rings. The Morgan fingerprint density at radius 2 is 2.00 bits per heavy atom. The summed E-state index contributed by atoms with van der Waals surface area (Å²) in [4.78, 5) is 11.7. The van der Waals surface area contributed by atoms with E-state index in [-0.39, 0.29) is 16.0 Å². The summed E-state index contributed by atoms with van der Waals surface area (Å²) in [5.74, 6) is -0.210.